The fraction of sp³-hybridized carbons (Fsp3) is 0.385. The van der Waals surface area contributed by atoms with Crippen molar-refractivity contribution in [2.75, 3.05) is 0 Å². The standard InChI is InChI=1S/C13H16O/c1-4-10-14-13-8-6-12(7-9-13)11(3)5-2/h6-9,11H,5H2,1-3H3. The number of hydrogen-bond donors (Lipinski definition) is 0. The minimum atomic E-state index is 0.612. The first kappa shape index (κ1) is 10.7. The fourth-order valence-corrected chi connectivity index (χ4v) is 1.21. The van der Waals surface area contributed by atoms with Gasteiger partial charge in [0.1, 0.15) is 11.9 Å². The van der Waals surface area contributed by atoms with Crippen molar-refractivity contribution in [2.45, 2.75) is 33.1 Å². The molecule has 0 aromatic heterocycles. The maximum absolute atomic E-state index is 5.16. The quantitative estimate of drug-likeness (QED) is 0.659. The third-order valence-corrected chi connectivity index (χ3v) is 2.33. The summed E-state index contributed by atoms with van der Waals surface area (Å²) < 4.78 is 5.16. The van der Waals surface area contributed by atoms with E-state index < -0.39 is 0 Å². The van der Waals surface area contributed by atoms with Crippen molar-refractivity contribution in [2.24, 2.45) is 0 Å². The van der Waals surface area contributed by atoms with Crippen molar-refractivity contribution >= 4 is 0 Å². The molecule has 1 heteroatoms. The SMILES string of the molecule is CC#COc1ccc(C(C)CC)cc1. The summed E-state index contributed by atoms with van der Waals surface area (Å²) in [5, 5.41) is 0. The smallest absolute Gasteiger partial charge is 0.140 e. The Hall–Kier alpha value is -1.42. The average Bonchev–Trinajstić information content (AvgIpc) is 2.26. The number of ether oxygens (including phenoxy) is 1. The highest BCUT2D eigenvalue weighted by atomic mass is 16.5. The van der Waals surface area contributed by atoms with Crippen LogP contribution in [0.4, 0.5) is 0 Å². The van der Waals surface area contributed by atoms with Gasteiger partial charge in [0.2, 0.25) is 0 Å². The minimum Gasteiger partial charge on any atom is -0.408 e. The maximum atomic E-state index is 5.16. The fourth-order valence-electron chi connectivity index (χ4n) is 1.21. The van der Waals surface area contributed by atoms with E-state index in [1.807, 2.05) is 12.1 Å². The van der Waals surface area contributed by atoms with Crippen LogP contribution in [-0.4, -0.2) is 0 Å². The van der Waals surface area contributed by atoms with Gasteiger partial charge in [-0.05, 0) is 30.0 Å². The Balaban J connectivity index is 2.71. The Labute approximate surface area is 86.1 Å². The van der Waals surface area contributed by atoms with E-state index in [0.717, 1.165) is 12.2 Å². The van der Waals surface area contributed by atoms with E-state index >= 15 is 0 Å². The zero-order valence-electron chi connectivity index (χ0n) is 9.00. The molecule has 1 aromatic rings. The Kier molecular flexibility index (Phi) is 4.07. The molecule has 0 fully saturated rings. The number of benzene rings is 1. The first-order chi connectivity index (χ1) is 6.77. The van der Waals surface area contributed by atoms with Gasteiger partial charge in [-0.25, -0.2) is 0 Å². The zero-order chi connectivity index (χ0) is 10.4. The van der Waals surface area contributed by atoms with Gasteiger partial charge in [0, 0.05) is 6.92 Å². The van der Waals surface area contributed by atoms with Gasteiger partial charge < -0.3 is 4.74 Å². The molecule has 1 unspecified atom stereocenters. The molecule has 14 heavy (non-hydrogen) atoms. The zero-order valence-corrected chi connectivity index (χ0v) is 9.00. The van der Waals surface area contributed by atoms with Crippen LogP contribution < -0.4 is 4.74 Å². The molecular formula is C13H16O. The monoisotopic (exact) mass is 188 g/mol. The van der Waals surface area contributed by atoms with Crippen LogP contribution in [0.3, 0.4) is 0 Å². The highest BCUT2D eigenvalue weighted by Gasteiger charge is 2.01. The molecule has 0 spiro atoms. The summed E-state index contributed by atoms with van der Waals surface area (Å²) in [6, 6.07) is 8.12. The Bertz CT molecular complexity index is 326. The average molecular weight is 188 g/mol. The van der Waals surface area contributed by atoms with Gasteiger partial charge in [-0.1, -0.05) is 31.9 Å². The molecule has 0 saturated heterocycles. The molecule has 1 rings (SSSR count). The Morgan fingerprint density at radius 3 is 2.43 bits per heavy atom. The van der Waals surface area contributed by atoms with E-state index in [0.29, 0.717) is 5.92 Å². The van der Waals surface area contributed by atoms with Crippen molar-refractivity contribution in [1.29, 1.82) is 0 Å². The van der Waals surface area contributed by atoms with Gasteiger partial charge in [-0.2, -0.15) is 0 Å². The van der Waals surface area contributed by atoms with Crippen molar-refractivity contribution in [1.82, 2.24) is 0 Å². The van der Waals surface area contributed by atoms with Crippen LogP contribution >= 0.6 is 0 Å². The van der Waals surface area contributed by atoms with Crippen molar-refractivity contribution in [3.05, 3.63) is 29.8 Å². The van der Waals surface area contributed by atoms with Crippen LogP contribution in [0, 0.1) is 12.0 Å². The molecule has 0 saturated carbocycles. The molecule has 1 nitrogen and oxygen atoms in total. The number of hydrogen-bond acceptors (Lipinski definition) is 1. The van der Waals surface area contributed by atoms with Crippen molar-refractivity contribution < 1.29 is 4.74 Å². The highest BCUT2D eigenvalue weighted by Crippen LogP contribution is 2.21. The topological polar surface area (TPSA) is 9.23 Å². The molecule has 1 atom stereocenters. The lowest BCUT2D eigenvalue weighted by Gasteiger charge is -2.08. The third kappa shape index (κ3) is 2.81. The molecule has 1 aromatic carbocycles. The lowest BCUT2D eigenvalue weighted by atomic mass is 9.99. The van der Waals surface area contributed by atoms with Crippen LogP contribution in [-0.2, 0) is 0 Å². The second-order valence-corrected chi connectivity index (χ2v) is 3.33. The third-order valence-electron chi connectivity index (χ3n) is 2.33. The Morgan fingerprint density at radius 2 is 1.93 bits per heavy atom. The van der Waals surface area contributed by atoms with Gasteiger partial charge in [0.25, 0.3) is 0 Å². The molecule has 0 bridgehead atoms. The molecule has 0 aliphatic carbocycles. The van der Waals surface area contributed by atoms with Gasteiger partial charge >= 0.3 is 0 Å². The van der Waals surface area contributed by atoms with E-state index in [1.54, 1.807) is 6.92 Å². The van der Waals surface area contributed by atoms with Gasteiger partial charge in [-0.3, -0.25) is 0 Å². The van der Waals surface area contributed by atoms with Crippen molar-refractivity contribution in [3.63, 3.8) is 0 Å². The normalized spacial score (nSPS) is 11.4. The predicted molar refractivity (Wildman–Crippen MR) is 59.2 cm³/mol. The second kappa shape index (κ2) is 5.34. The first-order valence-corrected chi connectivity index (χ1v) is 4.96. The van der Waals surface area contributed by atoms with E-state index in [4.69, 9.17) is 4.74 Å². The van der Waals surface area contributed by atoms with Crippen LogP contribution in [0.1, 0.15) is 38.7 Å². The molecule has 0 aliphatic rings. The summed E-state index contributed by atoms with van der Waals surface area (Å²) >= 11 is 0. The van der Waals surface area contributed by atoms with Crippen molar-refractivity contribution in [3.8, 4) is 17.8 Å². The molecule has 0 aliphatic heterocycles. The molecule has 74 valence electrons. The van der Waals surface area contributed by atoms with E-state index in [2.05, 4.69) is 38.0 Å². The molecule has 0 N–H and O–H groups in total. The van der Waals surface area contributed by atoms with Crippen LogP contribution in [0.25, 0.3) is 0 Å². The maximum Gasteiger partial charge on any atom is 0.140 e. The van der Waals surface area contributed by atoms with Gasteiger partial charge in [0.05, 0.1) is 0 Å². The lowest BCUT2D eigenvalue weighted by Crippen LogP contribution is -1.91. The van der Waals surface area contributed by atoms with Crippen LogP contribution in [0.5, 0.6) is 5.75 Å². The summed E-state index contributed by atoms with van der Waals surface area (Å²) in [5.41, 5.74) is 1.35. The molecule has 0 radical (unpaired) electrons. The summed E-state index contributed by atoms with van der Waals surface area (Å²) in [6.07, 6.45) is 3.74. The van der Waals surface area contributed by atoms with E-state index in [9.17, 15) is 0 Å². The predicted octanol–water partition coefficient (Wildman–Crippen LogP) is 3.56. The largest absolute Gasteiger partial charge is 0.408 e. The molecule has 0 amide bonds. The van der Waals surface area contributed by atoms with E-state index in [1.165, 1.54) is 5.56 Å². The second-order valence-electron chi connectivity index (χ2n) is 3.33. The summed E-state index contributed by atoms with van der Waals surface area (Å²) in [6.45, 7) is 6.17. The molecule has 0 heterocycles. The number of rotatable bonds is 3. The van der Waals surface area contributed by atoms with Crippen LogP contribution in [0.15, 0.2) is 24.3 Å². The van der Waals surface area contributed by atoms with Crippen LogP contribution in [0.2, 0.25) is 0 Å². The first-order valence-electron chi connectivity index (χ1n) is 4.96. The van der Waals surface area contributed by atoms with Gasteiger partial charge in [-0.15, -0.1) is 0 Å². The minimum absolute atomic E-state index is 0.612. The molecular weight excluding hydrogens is 172 g/mol. The lowest BCUT2D eigenvalue weighted by molar-refractivity contribution is 0.519. The van der Waals surface area contributed by atoms with Gasteiger partial charge in [0.15, 0.2) is 0 Å². The van der Waals surface area contributed by atoms with E-state index in [-0.39, 0.29) is 0 Å². The summed E-state index contributed by atoms with van der Waals surface area (Å²) in [4.78, 5) is 0. The summed E-state index contributed by atoms with van der Waals surface area (Å²) in [7, 11) is 0. The highest BCUT2D eigenvalue weighted by molar-refractivity contribution is 5.30. The summed E-state index contributed by atoms with van der Waals surface area (Å²) in [5.74, 6) is 4.12. The Morgan fingerprint density at radius 1 is 1.29 bits per heavy atom.